The molecule has 1 saturated heterocycles. The summed E-state index contributed by atoms with van der Waals surface area (Å²) >= 11 is 0. The third kappa shape index (κ3) is 5.47. The number of carbonyl (C=O) groups is 1. The monoisotopic (exact) mass is 348 g/mol. The van der Waals surface area contributed by atoms with Crippen LogP contribution in [0.3, 0.4) is 0 Å². The summed E-state index contributed by atoms with van der Waals surface area (Å²) < 4.78 is 5.78. The van der Waals surface area contributed by atoms with Gasteiger partial charge < -0.3 is 15.4 Å². The van der Waals surface area contributed by atoms with Gasteiger partial charge in [-0.3, -0.25) is 4.79 Å². The molecule has 1 aliphatic heterocycles. The lowest BCUT2D eigenvalue weighted by atomic mass is 10.1. The second-order valence-electron chi connectivity index (χ2n) is 5.53. The quantitative estimate of drug-likeness (QED) is 0.866. The highest BCUT2D eigenvalue weighted by Gasteiger charge is 2.15. The zero-order valence-electron chi connectivity index (χ0n) is 13.3. The first-order valence-electron chi connectivity index (χ1n) is 7.84. The lowest BCUT2D eigenvalue weighted by Gasteiger charge is -2.22. The van der Waals surface area contributed by atoms with Crippen molar-refractivity contribution in [2.45, 2.75) is 25.4 Å². The Morgan fingerprint density at radius 1 is 1.12 bits per heavy atom. The van der Waals surface area contributed by atoms with Crippen LogP contribution in [0.25, 0.3) is 0 Å². The summed E-state index contributed by atoms with van der Waals surface area (Å²) in [6.45, 7) is 1.93. The Balaban J connectivity index is 0.00000208. The van der Waals surface area contributed by atoms with Crippen molar-refractivity contribution in [3.8, 4) is 5.88 Å². The fourth-order valence-electron chi connectivity index (χ4n) is 2.50. The van der Waals surface area contributed by atoms with Crippen molar-refractivity contribution < 1.29 is 9.53 Å². The molecule has 1 fully saturated rings. The number of hydrogen-bond acceptors (Lipinski definition) is 5. The average Bonchev–Trinajstić information content (AvgIpc) is 2.58. The standard InChI is InChI=1S/C17H20N4O2.ClH/c22-16(12-13-4-2-1-3-5-13)19-15-6-7-17(21-20-15)23-14-8-10-18-11-9-14;/h1-7,14,18H,8-12H2,(H,19,20,22);1H. The van der Waals surface area contributed by atoms with Crippen LogP contribution in [0.15, 0.2) is 42.5 Å². The summed E-state index contributed by atoms with van der Waals surface area (Å²) in [5.41, 5.74) is 0.962. The van der Waals surface area contributed by atoms with Gasteiger partial charge in [0.2, 0.25) is 11.8 Å². The van der Waals surface area contributed by atoms with Gasteiger partial charge in [-0.25, -0.2) is 0 Å². The van der Waals surface area contributed by atoms with E-state index in [1.165, 1.54) is 0 Å². The van der Waals surface area contributed by atoms with E-state index in [4.69, 9.17) is 4.74 Å². The number of carbonyl (C=O) groups excluding carboxylic acids is 1. The van der Waals surface area contributed by atoms with Gasteiger partial charge in [0.15, 0.2) is 5.82 Å². The predicted octanol–water partition coefficient (Wildman–Crippen LogP) is 2.21. The van der Waals surface area contributed by atoms with Gasteiger partial charge in [0, 0.05) is 6.07 Å². The summed E-state index contributed by atoms with van der Waals surface area (Å²) in [5, 5.41) is 14.1. The number of piperidine rings is 1. The van der Waals surface area contributed by atoms with Crippen molar-refractivity contribution in [3.05, 3.63) is 48.0 Å². The molecule has 2 heterocycles. The van der Waals surface area contributed by atoms with Gasteiger partial charge in [-0.05, 0) is 37.6 Å². The molecule has 0 saturated carbocycles. The van der Waals surface area contributed by atoms with Gasteiger partial charge in [-0.15, -0.1) is 22.6 Å². The summed E-state index contributed by atoms with van der Waals surface area (Å²) in [5.74, 6) is 0.819. The SMILES string of the molecule is Cl.O=C(Cc1ccccc1)Nc1ccc(OC2CCNCC2)nn1. The van der Waals surface area contributed by atoms with Crippen molar-refractivity contribution in [1.82, 2.24) is 15.5 Å². The normalized spacial score (nSPS) is 14.5. The smallest absolute Gasteiger partial charge is 0.233 e. The number of aromatic nitrogens is 2. The number of benzene rings is 1. The fraction of sp³-hybridized carbons (Fsp3) is 0.353. The Labute approximate surface area is 147 Å². The molecule has 24 heavy (non-hydrogen) atoms. The van der Waals surface area contributed by atoms with E-state index in [9.17, 15) is 4.79 Å². The summed E-state index contributed by atoms with van der Waals surface area (Å²) in [4.78, 5) is 12.0. The Hall–Kier alpha value is -2.18. The molecular weight excluding hydrogens is 328 g/mol. The number of anilines is 1. The van der Waals surface area contributed by atoms with Crippen LogP contribution in [0.1, 0.15) is 18.4 Å². The third-order valence-corrected chi connectivity index (χ3v) is 3.69. The molecule has 1 aromatic heterocycles. The lowest BCUT2D eigenvalue weighted by Crippen LogP contribution is -2.34. The molecule has 0 spiro atoms. The predicted molar refractivity (Wildman–Crippen MR) is 94.6 cm³/mol. The first-order chi connectivity index (χ1) is 11.3. The zero-order valence-corrected chi connectivity index (χ0v) is 14.1. The van der Waals surface area contributed by atoms with Crippen LogP contribution < -0.4 is 15.4 Å². The van der Waals surface area contributed by atoms with Crippen molar-refractivity contribution in [3.63, 3.8) is 0 Å². The second-order valence-corrected chi connectivity index (χ2v) is 5.53. The molecule has 128 valence electrons. The average molecular weight is 349 g/mol. The van der Waals surface area contributed by atoms with E-state index in [2.05, 4.69) is 20.8 Å². The number of hydrogen-bond donors (Lipinski definition) is 2. The molecule has 2 aromatic rings. The van der Waals surface area contributed by atoms with E-state index in [1.54, 1.807) is 12.1 Å². The summed E-state index contributed by atoms with van der Waals surface area (Å²) in [7, 11) is 0. The Bertz CT molecular complexity index is 631. The zero-order chi connectivity index (χ0) is 15.9. The summed E-state index contributed by atoms with van der Waals surface area (Å²) in [6.07, 6.45) is 2.44. The van der Waals surface area contributed by atoms with E-state index < -0.39 is 0 Å². The van der Waals surface area contributed by atoms with Crippen molar-refractivity contribution >= 4 is 24.1 Å². The van der Waals surface area contributed by atoms with Crippen LogP contribution in [0.2, 0.25) is 0 Å². The van der Waals surface area contributed by atoms with Crippen LogP contribution in [0, 0.1) is 0 Å². The van der Waals surface area contributed by atoms with Gasteiger partial charge in [-0.1, -0.05) is 30.3 Å². The fourth-order valence-corrected chi connectivity index (χ4v) is 2.50. The van der Waals surface area contributed by atoms with Crippen molar-refractivity contribution in [1.29, 1.82) is 0 Å². The Morgan fingerprint density at radius 3 is 2.54 bits per heavy atom. The minimum Gasteiger partial charge on any atom is -0.473 e. The lowest BCUT2D eigenvalue weighted by molar-refractivity contribution is -0.115. The molecule has 2 N–H and O–H groups in total. The van der Waals surface area contributed by atoms with E-state index >= 15 is 0 Å². The van der Waals surface area contributed by atoms with Crippen molar-refractivity contribution in [2.24, 2.45) is 0 Å². The highest BCUT2D eigenvalue weighted by atomic mass is 35.5. The number of ether oxygens (including phenoxy) is 1. The number of halogens is 1. The molecular formula is C17H21ClN4O2. The molecule has 1 aromatic carbocycles. The molecule has 6 nitrogen and oxygen atoms in total. The van der Waals surface area contributed by atoms with Gasteiger partial charge in [0.05, 0.1) is 6.42 Å². The summed E-state index contributed by atoms with van der Waals surface area (Å²) in [6, 6.07) is 13.0. The number of nitrogens with one attached hydrogen (secondary N) is 2. The van der Waals surface area contributed by atoms with Gasteiger partial charge in [-0.2, -0.15) is 0 Å². The number of amides is 1. The van der Waals surface area contributed by atoms with Crippen LogP contribution in [-0.4, -0.2) is 35.3 Å². The largest absolute Gasteiger partial charge is 0.473 e. The maximum absolute atomic E-state index is 12.0. The van der Waals surface area contributed by atoms with Crippen LogP contribution >= 0.6 is 12.4 Å². The topological polar surface area (TPSA) is 76.1 Å². The van der Waals surface area contributed by atoms with Gasteiger partial charge >= 0.3 is 0 Å². The maximum atomic E-state index is 12.0. The Morgan fingerprint density at radius 2 is 1.88 bits per heavy atom. The first-order valence-corrected chi connectivity index (χ1v) is 7.84. The first kappa shape index (κ1) is 18.2. The molecule has 0 aliphatic carbocycles. The number of rotatable bonds is 5. The Kier molecular flexibility index (Phi) is 6.96. The molecule has 0 unspecified atom stereocenters. The van der Waals surface area contributed by atoms with Gasteiger partial charge in [0.1, 0.15) is 6.10 Å². The van der Waals surface area contributed by atoms with Crippen molar-refractivity contribution in [2.75, 3.05) is 18.4 Å². The molecule has 7 heteroatoms. The van der Waals surface area contributed by atoms with E-state index in [0.29, 0.717) is 18.1 Å². The van der Waals surface area contributed by atoms with Gasteiger partial charge in [0.25, 0.3) is 0 Å². The number of nitrogens with zero attached hydrogens (tertiary/aromatic N) is 2. The minimum absolute atomic E-state index is 0. The molecule has 0 radical (unpaired) electrons. The highest BCUT2D eigenvalue weighted by molar-refractivity contribution is 5.91. The van der Waals surface area contributed by atoms with Crippen LogP contribution in [-0.2, 0) is 11.2 Å². The van der Waals surface area contributed by atoms with E-state index in [0.717, 1.165) is 31.5 Å². The van der Waals surface area contributed by atoms with E-state index in [1.807, 2.05) is 30.3 Å². The molecule has 0 atom stereocenters. The van der Waals surface area contributed by atoms with Crippen LogP contribution in [0.4, 0.5) is 5.82 Å². The van der Waals surface area contributed by atoms with Crippen LogP contribution in [0.5, 0.6) is 5.88 Å². The second kappa shape index (κ2) is 9.20. The maximum Gasteiger partial charge on any atom is 0.233 e. The molecule has 1 aliphatic rings. The minimum atomic E-state index is -0.113. The molecule has 0 bridgehead atoms. The molecule has 1 amide bonds. The highest BCUT2D eigenvalue weighted by Crippen LogP contribution is 2.14. The third-order valence-electron chi connectivity index (χ3n) is 3.69. The molecule has 3 rings (SSSR count). The van der Waals surface area contributed by atoms with E-state index in [-0.39, 0.29) is 24.4 Å².